The predicted octanol–water partition coefficient (Wildman–Crippen LogP) is 0.923. The Kier molecular flexibility index (Phi) is 3.67. The van der Waals surface area contributed by atoms with E-state index in [4.69, 9.17) is 0 Å². The van der Waals surface area contributed by atoms with Crippen molar-refractivity contribution in [2.75, 3.05) is 4.43 Å². The Labute approximate surface area is 131 Å². The first-order valence-corrected chi connectivity index (χ1v) is 9.24. The molecule has 0 spiro atoms. The Bertz CT molecular complexity index is 694. The van der Waals surface area contributed by atoms with Gasteiger partial charge in [-0.25, -0.2) is 0 Å². The van der Waals surface area contributed by atoms with E-state index < -0.39 is 11.7 Å². The summed E-state index contributed by atoms with van der Waals surface area (Å²) in [5.74, 6) is 0.192. The number of nitrogens with zero attached hydrogens (tertiary/aromatic N) is 2. The quantitative estimate of drug-likeness (QED) is 0.549. The van der Waals surface area contributed by atoms with Crippen LogP contribution in [-0.2, 0) is 6.18 Å². The van der Waals surface area contributed by atoms with Gasteiger partial charge in [0.25, 0.3) is 0 Å². The van der Waals surface area contributed by atoms with E-state index in [9.17, 15) is 13.2 Å². The summed E-state index contributed by atoms with van der Waals surface area (Å²) in [6, 6.07) is 5.50. The van der Waals surface area contributed by atoms with E-state index >= 15 is 0 Å². The molecule has 2 heterocycles. The molecule has 0 saturated carbocycles. The van der Waals surface area contributed by atoms with Crippen molar-refractivity contribution in [3.63, 3.8) is 0 Å². The molecule has 0 aliphatic carbocycles. The molecule has 1 aliphatic rings. The standard InChI is InChI=1S/C15H13F3IN2/c1-8-9(2)20-14(21-13(8)12-7-19-12)10-5-3-4-6-11(10)15(16,17)18/h3-6,12H,7H2,1-2H3/q-1. The molecule has 0 amide bonds. The molecule has 1 aromatic heterocycles. The molecular formula is C15H13F3IN2-. The third-order valence-corrected chi connectivity index (χ3v) is 5.86. The Morgan fingerprint density at radius 3 is 2.43 bits per heavy atom. The van der Waals surface area contributed by atoms with Gasteiger partial charge >= 0.3 is 131 Å². The average Bonchev–Trinajstić information content (AvgIpc) is 3.25. The van der Waals surface area contributed by atoms with Gasteiger partial charge in [0.05, 0.1) is 0 Å². The summed E-state index contributed by atoms with van der Waals surface area (Å²) in [4.78, 5) is 8.75. The molecule has 0 bridgehead atoms. The monoisotopic (exact) mass is 405 g/mol. The molecule has 1 unspecified atom stereocenters. The second-order valence-electron chi connectivity index (χ2n) is 4.96. The molecule has 6 heteroatoms. The minimum absolute atomic E-state index is 0.0631. The van der Waals surface area contributed by atoms with Crippen molar-refractivity contribution in [3.05, 3.63) is 46.8 Å². The molecule has 112 valence electrons. The van der Waals surface area contributed by atoms with Crippen molar-refractivity contribution in [1.82, 2.24) is 9.97 Å². The summed E-state index contributed by atoms with van der Waals surface area (Å²) in [5, 5.41) is 0. The fourth-order valence-corrected chi connectivity index (χ4v) is 3.89. The van der Waals surface area contributed by atoms with Crippen LogP contribution in [0.15, 0.2) is 24.3 Å². The van der Waals surface area contributed by atoms with Gasteiger partial charge < -0.3 is 0 Å². The van der Waals surface area contributed by atoms with Crippen LogP contribution in [0.2, 0.25) is 0 Å². The van der Waals surface area contributed by atoms with Crippen LogP contribution in [-0.4, -0.2) is 14.4 Å². The van der Waals surface area contributed by atoms with Gasteiger partial charge in [0.2, 0.25) is 0 Å². The molecule has 0 N–H and O–H groups in total. The van der Waals surface area contributed by atoms with Gasteiger partial charge in [0.1, 0.15) is 0 Å². The second kappa shape index (κ2) is 5.23. The van der Waals surface area contributed by atoms with E-state index in [0.717, 1.165) is 27.4 Å². The van der Waals surface area contributed by atoms with Crippen molar-refractivity contribution in [2.24, 2.45) is 0 Å². The molecule has 21 heavy (non-hydrogen) atoms. The van der Waals surface area contributed by atoms with Gasteiger partial charge in [-0.3, -0.25) is 0 Å². The molecular weight excluding hydrogens is 392 g/mol. The first-order chi connectivity index (χ1) is 9.88. The zero-order valence-electron chi connectivity index (χ0n) is 11.5. The summed E-state index contributed by atoms with van der Waals surface area (Å²) < 4.78 is 41.1. The third kappa shape index (κ3) is 2.90. The number of aryl methyl sites for hydroxylation is 1. The topological polar surface area (TPSA) is 25.8 Å². The zero-order chi connectivity index (χ0) is 15.2. The van der Waals surface area contributed by atoms with Gasteiger partial charge in [-0.1, -0.05) is 0 Å². The maximum atomic E-state index is 13.1. The Morgan fingerprint density at radius 2 is 1.81 bits per heavy atom. The summed E-state index contributed by atoms with van der Waals surface area (Å²) in [6.07, 6.45) is -4.40. The van der Waals surface area contributed by atoms with Gasteiger partial charge in [-0.15, -0.1) is 0 Å². The second-order valence-corrected chi connectivity index (χ2v) is 8.23. The van der Waals surface area contributed by atoms with E-state index in [1.807, 2.05) is 13.8 Å². The van der Waals surface area contributed by atoms with Crippen molar-refractivity contribution in [1.29, 1.82) is 0 Å². The Morgan fingerprint density at radius 1 is 1.14 bits per heavy atom. The van der Waals surface area contributed by atoms with Crippen molar-refractivity contribution < 1.29 is 34.4 Å². The van der Waals surface area contributed by atoms with Crippen molar-refractivity contribution >= 4 is 0 Å². The van der Waals surface area contributed by atoms with Crippen LogP contribution in [0.3, 0.4) is 0 Å². The number of aromatic nitrogens is 2. The SMILES string of the molecule is Cc1nc(-c2ccccc2C(F)(F)F)nc(C2C[I-]2)c1C. The number of alkyl halides is 5. The molecule has 2 nitrogen and oxygen atoms in total. The number of hydrogen-bond donors (Lipinski definition) is 0. The van der Waals surface area contributed by atoms with Gasteiger partial charge in [0, 0.05) is 0 Å². The zero-order valence-corrected chi connectivity index (χ0v) is 13.7. The van der Waals surface area contributed by atoms with Crippen LogP contribution in [0, 0.1) is 13.8 Å². The molecule has 1 saturated heterocycles. The first kappa shape index (κ1) is 14.7. The fourth-order valence-electron chi connectivity index (χ4n) is 2.19. The normalized spacial score (nSPS) is 18.2. The van der Waals surface area contributed by atoms with E-state index in [0.29, 0.717) is 3.92 Å². The van der Waals surface area contributed by atoms with Crippen LogP contribution < -0.4 is 21.2 Å². The summed E-state index contributed by atoms with van der Waals surface area (Å²) in [7, 11) is 0. The van der Waals surface area contributed by atoms with Crippen LogP contribution in [0.5, 0.6) is 0 Å². The summed E-state index contributed by atoms with van der Waals surface area (Å²) in [6.45, 7) is 3.78. The predicted molar refractivity (Wildman–Crippen MR) is 69.6 cm³/mol. The van der Waals surface area contributed by atoms with E-state index in [1.54, 1.807) is 6.07 Å². The summed E-state index contributed by atoms with van der Waals surface area (Å²) in [5.41, 5.74) is 2.12. The van der Waals surface area contributed by atoms with E-state index in [2.05, 4.69) is 9.97 Å². The molecule has 1 atom stereocenters. The fraction of sp³-hybridized carbons (Fsp3) is 0.333. The maximum absolute atomic E-state index is 13.1. The van der Waals surface area contributed by atoms with E-state index in [1.165, 1.54) is 12.1 Å². The van der Waals surface area contributed by atoms with Crippen molar-refractivity contribution in [2.45, 2.75) is 23.9 Å². The molecule has 0 radical (unpaired) electrons. The minimum atomic E-state index is -4.40. The molecule has 3 rings (SSSR count). The van der Waals surface area contributed by atoms with Crippen LogP contribution in [0.1, 0.15) is 26.4 Å². The third-order valence-electron chi connectivity index (χ3n) is 3.51. The number of hydrogen-bond acceptors (Lipinski definition) is 2. The average molecular weight is 405 g/mol. The first-order valence-electron chi connectivity index (χ1n) is 6.47. The van der Waals surface area contributed by atoms with Crippen LogP contribution >= 0.6 is 0 Å². The van der Waals surface area contributed by atoms with Crippen LogP contribution in [0.25, 0.3) is 11.4 Å². The molecule has 1 aromatic carbocycles. The van der Waals surface area contributed by atoms with Gasteiger partial charge in [-0.05, 0) is 0 Å². The van der Waals surface area contributed by atoms with Gasteiger partial charge in [0.15, 0.2) is 0 Å². The van der Waals surface area contributed by atoms with E-state index in [-0.39, 0.29) is 32.6 Å². The Hall–Kier alpha value is -1.18. The Balaban J connectivity index is 2.18. The number of benzene rings is 1. The molecule has 1 aliphatic heterocycles. The summed E-state index contributed by atoms with van der Waals surface area (Å²) >= 11 is 0.140. The molecule has 2 aromatic rings. The number of halogens is 4. The number of rotatable bonds is 2. The van der Waals surface area contributed by atoms with Crippen LogP contribution in [0.4, 0.5) is 13.2 Å². The van der Waals surface area contributed by atoms with Gasteiger partial charge in [-0.2, -0.15) is 0 Å². The molecule has 1 fully saturated rings. The van der Waals surface area contributed by atoms with Crippen molar-refractivity contribution in [3.8, 4) is 11.4 Å².